The Morgan fingerprint density at radius 3 is 3.00 bits per heavy atom. The van der Waals surface area contributed by atoms with Crippen LogP contribution in [0.4, 0.5) is 0 Å². The number of sulfonamides is 1. The number of aryl methyl sites for hydroxylation is 1. The van der Waals surface area contributed by atoms with Crippen molar-refractivity contribution in [3.05, 3.63) is 29.3 Å². The number of ether oxygens (including phenoxy) is 1. The Morgan fingerprint density at radius 2 is 2.27 bits per heavy atom. The Kier molecular flexibility index (Phi) is 5.95. The average Bonchev–Trinajstić information content (AvgIpc) is 3.23. The highest BCUT2D eigenvalue weighted by molar-refractivity contribution is 7.91. The summed E-state index contributed by atoms with van der Waals surface area (Å²) in [4.78, 5) is 2.30. The summed E-state index contributed by atoms with van der Waals surface area (Å²) in [6.45, 7) is 5.71. The fourth-order valence-corrected chi connectivity index (χ4v) is 6.23. The van der Waals surface area contributed by atoms with E-state index in [-0.39, 0.29) is 0 Å². The van der Waals surface area contributed by atoms with Gasteiger partial charge in [-0.2, -0.15) is 5.26 Å². The van der Waals surface area contributed by atoms with Crippen molar-refractivity contribution in [1.29, 1.82) is 5.26 Å². The van der Waals surface area contributed by atoms with Gasteiger partial charge in [-0.05, 0) is 55.0 Å². The molecule has 1 N–H and O–H groups in total. The van der Waals surface area contributed by atoms with E-state index < -0.39 is 10.0 Å². The zero-order valence-electron chi connectivity index (χ0n) is 15.0. The number of likely N-dealkylation sites (tertiary alicyclic amines) is 1. The molecule has 26 heavy (non-hydrogen) atoms. The second kappa shape index (κ2) is 8.03. The molecule has 140 valence electrons. The van der Waals surface area contributed by atoms with Crippen molar-refractivity contribution in [1.82, 2.24) is 9.62 Å². The van der Waals surface area contributed by atoms with Gasteiger partial charge in [-0.1, -0.05) is 0 Å². The molecule has 2 aromatic rings. The average molecular weight is 394 g/mol. The monoisotopic (exact) mass is 393 g/mol. The second-order valence-electron chi connectivity index (χ2n) is 6.64. The number of nitrogens with one attached hydrogen (secondary N) is 1. The number of hydrogen-bond donors (Lipinski definition) is 1. The van der Waals surface area contributed by atoms with Crippen LogP contribution < -0.4 is 4.72 Å². The van der Waals surface area contributed by atoms with E-state index in [1.165, 1.54) is 11.3 Å². The highest BCUT2D eigenvalue weighted by Gasteiger charge is 2.26. The van der Waals surface area contributed by atoms with E-state index in [1.54, 1.807) is 26.2 Å². The molecule has 1 aromatic heterocycles. The lowest BCUT2D eigenvalue weighted by Gasteiger charge is -2.15. The molecule has 3 rings (SSSR count). The topological polar surface area (TPSA) is 82.4 Å². The van der Waals surface area contributed by atoms with Gasteiger partial charge in [0.1, 0.15) is 4.21 Å². The van der Waals surface area contributed by atoms with Gasteiger partial charge >= 0.3 is 0 Å². The van der Waals surface area contributed by atoms with E-state index in [0.29, 0.717) is 34.4 Å². The van der Waals surface area contributed by atoms with Crippen molar-refractivity contribution in [3.63, 3.8) is 0 Å². The molecule has 0 aliphatic carbocycles. The van der Waals surface area contributed by atoms with Gasteiger partial charge in [-0.3, -0.25) is 0 Å². The van der Waals surface area contributed by atoms with Crippen molar-refractivity contribution in [2.24, 2.45) is 5.92 Å². The Balaban J connectivity index is 1.70. The molecule has 0 radical (unpaired) electrons. The minimum Gasteiger partial charge on any atom is -0.383 e. The first kappa shape index (κ1) is 19.3. The third-order valence-corrected chi connectivity index (χ3v) is 8.13. The summed E-state index contributed by atoms with van der Waals surface area (Å²) in [6.07, 6.45) is 0.989. The lowest BCUT2D eigenvalue weighted by Crippen LogP contribution is -2.31. The number of benzene rings is 1. The predicted octanol–water partition coefficient (Wildman–Crippen LogP) is 2.33. The molecule has 0 spiro atoms. The van der Waals surface area contributed by atoms with Crippen LogP contribution in [0.1, 0.15) is 17.5 Å². The van der Waals surface area contributed by atoms with Crippen LogP contribution in [0.5, 0.6) is 0 Å². The van der Waals surface area contributed by atoms with Crippen molar-refractivity contribution in [2.45, 2.75) is 17.6 Å². The van der Waals surface area contributed by atoms with Gasteiger partial charge in [-0.25, -0.2) is 13.1 Å². The van der Waals surface area contributed by atoms with Crippen LogP contribution in [-0.4, -0.2) is 53.2 Å². The number of nitriles is 1. The summed E-state index contributed by atoms with van der Waals surface area (Å²) in [7, 11) is -1.86. The minimum absolute atomic E-state index is 0.321. The van der Waals surface area contributed by atoms with Crippen molar-refractivity contribution in [2.75, 3.05) is 39.9 Å². The van der Waals surface area contributed by atoms with E-state index in [2.05, 4.69) is 15.7 Å². The van der Waals surface area contributed by atoms with Crippen molar-refractivity contribution in [3.8, 4) is 6.07 Å². The molecule has 6 nitrogen and oxygen atoms in total. The standard InChI is InChI=1S/C18H23N3O3S2/c1-13-16-9-14(10-19)3-4-17(16)25-18(13)26(22,23)20-11-15-5-6-21(12-15)7-8-24-2/h3-4,9,15,20H,5-8,11-12H2,1-2H3/t15-/m1/s1. The second-order valence-corrected chi connectivity index (χ2v) is 9.65. The molecule has 1 aliphatic rings. The molecule has 2 heterocycles. The highest BCUT2D eigenvalue weighted by atomic mass is 32.2. The maximum Gasteiger partial charge on any atom is 0.250 e. The van der Waals surface area contributed by atoms with Gasteiger partial charge in [0.15, 0.2) is 0 Å². The predicted molar refractivity (Wildman–Crippen MR) is 103 cm³/mol. The lowest BCUT2D eigenvalue weighted by atomic mass is 10.1. The summed E-state index contributed by atoms with van der Waals surface area (Å²) in [5, 5.41) is 9.88. The van der Waals surface area contributed by atoms with Crippen LogP contribution in [0.25, 0.3) is 10.1 Å². The van der Waals surface area contributed by atoms with Gasteiger partial charge in [-0.15, -0.1) is 11.3 Å². The molecule has 1 aromatic carbocycles. The Morgan fingerprint density at radius 1 is 1.46 bits per heavy atom. The fourth-order valence-electron chi connectivity index (χ4n) is 3.32. The summed E-state index contributed by atoms with van der Waals surface area (Å²) in [5.41, 5.74) is 1.25. The molecular weight excluding hydrogens is 370 g/mol. The zero-order chi connectivity index (χ0) is 18.7. The van der Waals surface area contributed by atoms with Crippen LogP contribution in [0, 0.1) is 24.2 Å². The molecular formula is C18H23N3O3S2. The third-order valence-electron chi connectivity index (χ3n) is 4.81. The number of fused-ring (bicyclic) bond motifs is 1. The van der Waals surface area contributed by atoms with Crippen LogP contribution in [0.3, 0.4) is 0 Å². The van der Waals surface area contributed by atoms with Crippen LogP contribution in [0.15, 0.2) is 22.4 Å². The maximum absolute atomic E-state index is 12.8. The lowest BCUT2D eigenvalue weighted by molar-refractivity contribution is 0.159. The zero-order valence-corrected chi connectivity index (χ0v) is 16.6. The summed E-state index contributed by atoms with van der Waals surface area (Å²) in [6, 6.07) is 7.39. The van der Waals surface area contributed by atoms with Crippen molar-refractivity contribution >= 4 is 31.4 Å². The van der Waals surface area contributed by atoms with E-state index in [9.17, 15) is 8.42 Å². The quantitative estimate of drug-likeness (QED) is 0.781. The minimum atomic E-state index is -3.55. The first-order chi connectivity index (χ1) is 12.4. The Hall–Kier alpha value is -1.50. The van der Waals surface area contributed by atoms with E-state index in [4.69, 9.17) is 10.00 Å². The molecule has 1 aliphatic heterocycles. The SMILES string of the molecule is COCCN1CC[C@H](CNS(=O)(=O)c2sc3ccc(C#N)cc3c2C)C1. The molecule has 0 amide bonds. The number of rotatable bonds is 7. The fraction of sp³-hybridized carbons (Fsp3) is 0.500. The molecule has 1 atom stereocenters. The number of hydrogen-bond acceptors (Lipinski definition) is 6. The van der Waals surface area contributed by atoms with Gasteiger partial charge in [0.25, 0.3) is 0 Å². The molecule has 1 saturated heterocycles. The molecule has 0 bridgehead atoms. The summed E-state index contributed by atoms with van der Waals surface area (Å²) in [5.74, 6) is 0.321. The van der Waals surface area contributed by atoms with Crippen LogP contribution >= 0.6 is 11.3 Å². The largest absolute Gasteiger partial charge is 0.383 e. The van der Waals surface area contributed by atoms with Gasteiger partial charge in [0.2, 0.25) is 10.0 Å². The van der Waals surface area contributed by atoms with Gasteiger partial charge < -0.3 is 9.64 Å². The highest BCUT2D eigenvalue weighted by Crippen LogP contribution is 2.34. The first-order valence-electron chi connectivity index (χ1n) is 8.59. The first-order valence-corrected chi connectivity index (χ1v) is 10.9. The van der Waals surface area contributed by atoms with E-state index >= 15 is 0 Å². The van der Waals surface area contributed by atoms with Gasteiger partial charge in [0, 0.05) is 31.4 Å². The molecule has 0 unspecified atom stereocenters. The Labute approximate surface area is 158 Å². The summed E-state index contributed by atoms with van der Waals surface area (Å²) < 4.78 is 34.7. The third kappa shape index (κ3) is 4.08. The number of nitrogens with zero attached hydrogens (tertiary/aromatic N) is 2. The Bertz CT molecular complexity index is 931. The van der Waals surface area contributed by atoms with Crippen LogP contribution in [-0.2, 0) is 14.8 Å². The van der Waals surface area contributed by atoms with Crippen LogP contribution in [0.2, 0.25) is 0 Å². The number of methoxy groups -OCH3 is 1. The van der Waals surface area contributed by atoms with E-state index in [0.717, 1.165) is 36.1 Å². The maximum atomic E-state index is 12.8. The summed E-state index contributed by atoms with van der Waals surface area (Å²) >= 11 is 1.26. The molecule has 1 fully saturated rings. The molecule has 8 heteroatoms. The molecule has 0 saturated carbocycles. The normalized spacial score (nSPS) is 18.4. The number of thiophene rings is 1. The van der Waals surface area contributed by atoms with Crippen molar-refractivity contribution < 1.29 is 13.2 Å². The van der Waals surface area contributed by atoms with Gasteiger partial charge in [0.05, 0.1) is 18.2 Å². The smallest absolute Gasteiger partial charge is 0.250 e. The van der Waals surface area contributed by atoms with E-state index in [1.807, 2.05) is 6.07 Å².